The zero-order chi connectivity index (χ0) is 23.4. The predicted octanol–water partition coefficient (Wildman–Crippen LogP) is 4.95. The summed E-state index contributed by atoms with van der Waals surface area (Å²) in [6.07, 6.45) is 2.30. The first kappa shape index (κ1) is 22.6. The lowest BCUT2D eigenvalue weighted by molar-refractivity contribution is -0.119. The first-order valence-corrected chi connectivity index (χ1v) is 11.5. The minimum Gasteiger partial charge on any atom is -0.497 e. The van der Waals surface area contributed by atoms with E-state index in [1.807, 2.05) is 55.6 Å². The average Bonchev–Trinajstić information content (AvgIpc) is 3.31. The van der Waals surface area contributed by atoms with Crippen molar-refractivity contribution in [1.29, 1.82) is 0 Å². The number of carbonyl (C=O) groups excluding carboxylic acids is 2. The summed E-state index contributed by atoms with van der Waals surface area (Å²) in [7, 11) is 1.57. The Balaban J connectivity index is 1.58. The van der Waals surface area contributed by atoms with E-state index in [-0.39, 0.29) is 23.6 Å². The van der Waals surface area contributed by atoms with Crippen LogP contribution in [-0.2, 0) is 4.79 Å². The van der Waals surface area contributed by atoms with E-state index >= 15 is 0 Å². The summed E-state index contributed by atoms with van der Waals surface area (Å²) in [5.41, 5.74) is 1.09. The summed E-state index contributed by atoms with van der Waals surface area (Å²) in [6, 6.07) is 18.0. The minimum atomic E-state index is -0.434. The highest BCUT2D eigenvalue weighted by Crippen LogP contribution is 2.39. The van der Waals surface area contributed by atoms with Crippen molar-refractivity contribution in [2.75, 3.05) is 7.11 Å². The molecule has 0 radical (unpaired) electrons. The average molecular weight is 463 g/mol. The van der Waals surface area contributed by atoms with Crippen molar-refractivity contribution in [2.24, 2.45) is 0 Å². The van der Waals surface area contributed by atoms with Gasteiger partial charge in [0, 0.05) is 22.4 Å². The highest BCUT2D eigenvalue weighted by molar-refractivity contribution is 7.10. The Bertz CT molecular complexity index is 1170. The SMILES string of the molecule is COc1ccc(C(=O)N/C(=C\c2cccs2)C(=O)N[C@@H]2CC(C)(C)Oc3ccccc32)cc1. The maximum Gasteiger partial charge on any atom is 0.268 e. The number of rotatable bonds is 6. The third-order valence-electron chi connectivity index (χ3n) is 5.36. The van der Waals surface area contributed by atoms with Crippen molar-refractivity contribution in [3.8, 4) is 11.5 Å². The van der Waals surface area contributed by atoms with Crippen LogP contribution < -0.4 is 20.1 Å². The van der Waals surface area contributed by atoms with E-state index in [1.54, 1.807) is 37.5 Å². The van der Waals surface area contributed by atoms with Crippen LogP contribution in [-0.4, -0.2) is 24.5 Å². The molecular formula is C26H26N2O4S. The molecule has 1 aromatic heterocycles. The van der Waals surface area contributed by atoms with Crippen molar-refractivity contribution in [1.82, 2.24) is 10.6 Å². The highest BCUT2D eigenvalue weighted by atomic mass is 32.1. The Morgan fingerprint density at radius 2 is 1.85 bits per heavy atom. The Morgan fingerprint density at radius 1 is 1.09 bits per heavy atom. The fraction of sp³-hybridized carbons (Fsp3) is 0.231. The maximum atomic E-state index is 13.4. The van der Waals surface area contributed by atoms with Crippen molar-refractivity contribution >= 4 is 29.2 Å². The van der Waals surface area contributed by atoms with Gasteiger partial charge in [0.05, 0.1) is 13.2 Å². The van der Waals surface area contributed by atoms with E-state index in [1.165, 1.54) is 11.3 Å². The fourth-order valence-electron chi connectivity index (χ4n) is 3.78. The van der Waals surface area contributed by atoms with Gasteiger partial charge in [0.25, 0.3) is 11.8 Å². The van der Waals surface area contributed by atoms with Gasteiger partial charge in [0.1, 0.15) is 22.8 Å². The lowest BCUT2D eigenvalue weighted by Gasteiger charge is -2.38. The second kappa shape index (κ2) is 9.50. The molecule has 4 rings (SSSR count). The number of amides is 2. The van der Waals surface area contributed by atoms with Crippen LogP contribution in [0, 0.1) is 0 Å². The number of ether oxygens (including phenoxy) is 2. The van der Waals surface area contributed by atoms with Crippen molar-refractivity contribution in [2.45, 2.75) is 31.9 Å². The minimum absolute atomic E-state index is 0.181. The monoisotopic (exact) mass is 462 g/mol. The lowest BCUT2D eigenvalue weighted by Crippen LogP contribution is -2.43. The lowest BCUT2D eigenvalue weighted by atomic mass is 9.89. The highest BCUT2D eigenvalue weighted by Gasteiger charge is 2.34. The van der Waals surface area contributed by atoms with Gasteiger partial charge in [0.15, 0.2) is 0 Å². The largest absolute Gasteiger partial charge is 0.497 e. The van der Waals surface area contributed by atoms with Gasteiger partial charge in [-0.2, -0.15) is 0 Å². The first-order valence-electron chi connectivity index (χ1n) is 10.6. The summed E-state index contributed by atoms with van der Waals surface area (Å²) in [5, 5.41) is 7.81. The van der Waals surface area contributed by atoms with Crippen LogP contribution in [0.4, 0.5) is 0 Å². The second-order valence-electron chi connectivity index (χ2n) is 8.39. The molecule has 0 saturated carbocycles. The quantitative estimate of drug-likeness (QED) is 0.509. The summed E-state index contributed by atoms with van der Waals surface area (Å²) in [4.78, 5) is 27.1. The number of carbonyl (C=O) groups is 2. The Hall–Kier alpha value is -3.58. The zero-order valence-electron chi connectivity index (χ0n) is 18.8. The molecule has 0 unspecified atom stereocenters. The molecule has 0 aliphatic carbocycles. The van der Waals surface area contributed by atoms with Gasteiger partial charge in [0.2, 0.25) is 0 Å². The molecule has 0 bridgehead atoms. The van der Waals surface area contributed by atoms with E-state index in [4.69, 9.17) is 9.47 Å². The topological polar surface area (TPSA) is 76.7 Å². The number of nitrogens with one attached hydrogen (secondary N) is 2. The summed E-state index contributed by atoms with van der Waals surface area (Å²) < 4.78 is 11.2. The molecule has 2 aromatic carbocycles. The smallest absolute Gasteiger partial charge is 0.268 e. The Kier molecular flexibility index (Phi) is 6.51. The third kappa shape index (κ3) is 5.43. The molecule has 7 heteroatoms. The predicted molar refractivity (Wildman–Crippen MR) is 129 cm³/mol. The number of benzene rings is 2. The van der Waals surface area contributed by atoms with Gasteiger partial charge in [-0.3, -0.25) is 9.59 Å². The van der Waals surface area contributed by atoms with Crippen LogP contribution in [0.15, 0.2) is 71.7 Å². The van der Waals surface area contributed by atoms with E-state index in [2.05, 4.69) is 10.6 Å². The van der Waals surface area contributed by atoms with Gasteiger partial charge in [-0.1, -0.05) is 24.3 Å². The van der Waals surface area contributed by atoms with Crippen LogP contribution >= 0.6 is 11.3 Å². The van der Waals surface area contributed by atoms with Crippen molar-refractivity contribution in [3.05, 3.63) is 87.7 Å². The van der Waals surface area contributed by atoms with Crippen LogP contribution in [0.5, 0.6) is 11.5 Å². The molecular weight excluding hydrogens is 436 g/mol. The van der Waals surface area contributed by atoms with Crippen LogP contribution in [0.2, 0.25) is 0 Å². The number of fused-ring (bicyclic) bond motifs is 1. The van der Waals surface area contributed by atoms with E-state index < -0.39 is 5.60 Å². The molecule has 0 fully saturated rings. The van der Waals surface area contributed by atoms with Gasteiger partial charge in [-0.05, 0) is 61.7 Å². The Morgan fingerprint density at radius 3 is 2.55 bits per heavy atom. The number of hydrogen-bond acceptors (Lipinski definition) is 5. The van der Waals surface area contributed by atoms with Crippen LogP contribution in [0.3, 0.4) is 0 Å². The van der Waals surface area contributed by atoms with Crippen molar-refractivity contribution < 1.29 is 19.1 Å². The van der Waals surface area contributed by atoms with Crippen LogP contribution in [0.1, 0.15) is 47.1 Å². The number of para-hydroxylation sites is 1. The summed E-state index contributed by atoms with van der Waals surface area (Å²) in [5.74, 6) is 0.677. The molecule has 2 heterocycles. The normalized spacial score (nSPS) is 16.8. The molecule has 33 heavy (non-hydrogen) atoms. The fourth-order valence-corrected chi connectivity index (χ4v) is 4.44. The summed E-state index contributed by atoms with van der Waals surface area (Å²) in [6.45, 7) is 3.99. The second-order valence-corrected chi connectivity index (χ2v) is 9.37. The molecule has 170 valence electrons. The number of thiophene rings is 1. The molecule has 0 spiro atoms. The summed E-state index contributed by atoms with van der Waals surface area (Å²) >= 11 is 1.49. The molecule has 1 aliphatic rings. The van der Waals surface area contributed by atoms with E-state index in [9.17, 15) is 9.59 Å². The molecule has 1 aliphatic heterocycles. The van der Waals surface area contributed by atoms with Crippen LogP contribution in [0.25, 0.3) is 6.08 Å². The van der Waals surface area contributed by atoms with Gasteiger partial charge in [-0.25, -0.2) is 0 Å². The maximum absolute atomic E-state index is 13.4. The van der Waals surface area contributed by atoms with E-state index in [0.717, 1.165) is 16.2 Å². The molecule has 3 aromatic rings. The van der Waals surface area contributed by atoms with E-state index in [0.29, 0.717) is 17.7 Å². The van der Waals surface area contributed by atoms with Gasteiger partial charge < -0.3 is 20.1 Å². The van der Waals surface area contributed by atoms with Crippen molar-refractivity contribution in [3.63, 3.8) is 0 Å². The first-order chi connectivity index (χ1) is 15.8. The third-order valence-corrected chi connectivity index (χ3v) is 6.18. The molecule has 1 atom stereocenters. The van der Waals surface area contributed by atoms with Gasteiger partial charge >= 0.3 is 0 Å². The Labute approximate surface area is 197 Å². The molecule has 6 nitrogen and oxygen atoms in total. The van der Waals surface area contributed by atoms with Gasteiger partial charge in [-0.15, -0.1) is 11.3 Å². The molecule has 2 amide bonds. The number of hydrogen-bond donors (Lipinski definition) is 2. The standard InChI is InChI=1S/C26H26N2O4S/c1-26(2)16-22(20-8-4-5-9-23(20)32-26)28-25(30)21(15-19-7-6-14-33-19)27-24(29)17-10-12-18(31-3)13-11-17/h4-15,22H,16H2,1-3H3,(H,27,29)(H,28,30)/b21-15-/t22-/m1/s1. The molecule has 2 N–H and O–H groups in total. The number of methoxy groups -OCH3 is 1. The molecule has 0 saturated heterocycles. The zero-order valence-corrected chi connectivity index (χ0v) is 19.6.